The summed E-state index contributed by atoms with van der Waals surface area (Å²) < 4.78 is 34.4. The van der Waals surface area contributed by atoms with Crippen LogP contribution in [0.3, 0.4) is 0 Å². The average molecular weight is 181 g/mol. The van der Waals surface area contributed by atoms with Crippen molar-refractivity contribution >= 4 is 10.1 Å². The number of hydrogen-bond acceptors (Lipinski definition) is 4. The molecule has 0 aromatic heterocycles. The van der Waals surface area contributed by atoms with E-state index in [1.54, 1.807) is 0 Å². The fourth-order valence-corrected chi connectivity index (χ4v) is 1.14. The Morgan fingerprint density at radius 3 is 2.55 bits per heavy atom. The topological polar surface area (TPSA) is 67.2 Å². The monoisotopic (exact) mass is 181 g/mol. The molecule has 0 atom stereocenters. The molecule has 0 N–H and O–H groups in total. The summed E-state index contributed by atoms with van der Waals surface area (Å²) in [4.78, 5) is 0. The standard InChI is InChI=1S/C5H8FNO3S/c6-10-11(8,9)5-3-1-2-4-7/h1-3,5H2. The molecule has 0 aromatic carbocycles. The first-order valence-corrected chi connectivity index (χ1v) is 4.60. The van der Waals surface area contributed by atoms with Crippen LogP contribution in [0.5, 0.6) is 0 Å². The molecule has 0 aliphatic heterocycles. The van der Waals surface area contributed by atoms with Crippen molar-refractivity contribution in [2.24, 2.45) is 0 Å². The Bertz CT molecular complexity index is 231. The van der Waals surface area contributed by atoms with Crippen LogP contribution in [0.15, 0.2) is 0 Å². The lowest BCUT2D eigenvalue weighted by Crippen LogP contribution is -2.05. The van der Waals surface area contributed by atoms with Crippen LogP contribution < -0.4 is 0 Å². The molecule has 11 heavy (non-hydrogen) atoms. The van der Waals surface area contributed by atoms with Crippen LogP contribution in [0, 0.1) is 11.3 Å². The van der Waals surface area contributed by atoms with Gasteiger partial charge in [0.2, 0.25) is 0 Å². The molecule has 0 bridgehead atoms. The van der Waals surface area contributed by atoms with Gasteiger partial charge in [0.05, 0.1) is 11.8 Å². The van der Waals surface area contributed by atoms with Crippen molar-refractivity contribution in [1.29, 1.82) is 5.26 Å². The molecule has 0 spiro atoms. The van der Waals surface area contributed by atoms with E-state index >= 15 is 0 Å². The van der Waals surface area contributed by atoms with Gasteiger partial charge in [-0.3, -0.25) is 0 Å². The lowest BCUT2D eigenvalue weighted by atomic mass is 10.3. The molecule has 0 unspecified atom stereocenters. The third-order valence-corrected chi connectivity index (χ3v) is 2.01. The minimum atomic E-state index is -3.98. The van der Waals surface area contributed by atoms with Gasteiger partial charge in [-0.15, -0.1) is 0 Å². The van der Waals surface area contributed by atoms with Gasteiger partial charge in [0.1, 0.15) is 0 Å². The Labute approximate surface area is 64.6 Å². The van der Waals surface area contributed by atoms with Crippen molar-refractivity contribution in [3.63, 3.8) is 0 Å². The SMILES string of the molecule is N#CCCCCS(=O)(=O)OF. The summed E-state index contributed by atoms with van der Waals surface area (Å²) in [6.45, 7) is 0. The highest BCUT2D eigenvalue weighted by Gasteiger charge is 2.09. The predicted octanol–water partition coefficient (Wildman–Crippen LogP) is 0.911. The number of halogens is 1. The van der Waals surface area contributed by atoms with Crippen LogP contribution in [-0.4, -0.2) is 14.2 Å². The summed E-state index contributed by atoms with van der Waals surface area (Å²) in [5.74, 6) is -0.370. The van der Waals surface area contributed by atoms with Crippen LogP contribution >= 0.6 is 0 Å². The van der Waals surface area contributed by atoms with Gasteiger partial charge in [-0.05, 0) is 17.4 Å². The number of nitriles is 1. The molecular formula is C5H8FNO3S. The number of unbranched alkanes of at least 4 members (excludes halogenated alkanes) is 2. The van der Waals surface area contributed by atoms with Crippen LogP contribution in [0.4, 0.5) is 4.53 Å². The van der Waals surface area contributed by atoms with Gasteiger partial charge in [0, 0.05) is 6.42 Å². The molecule has 0 saturated carbocycles. The second-order valence-electron chi connectivity index (χ2n) is 1.94. The number of rotatable bonds is 5. The zero-order chi connectivity index (χ0) is 8.74. The first-order chi connectivity index (χ1) is 5.12. The van der Waals surface area contributed by atoms with Gasteiger partial charge >= 0.3 is 0 Å². The van der Waals surface area contributed by atoms with Gasteiger partial charge in [-0.1, -0.05) is 4.39 Å². The van der Waals surface area contributed by atoms with E-state index in [-0.39, 0.29) is 18.6 Å². The quantitative estimate of drug-likeness (QED) is 0.591. The van der Waals surface area contributed by atoms with Crippen molar-refractivity contribution in [2.75, 3.05) is 5.75 Å². The van der Waals surface area contributed by atoms with Crippen molar-refractivity contribution in [2.45, 2.75) is 19.3 Å². The second-order valence-corrected chi connectivity index (χ2v) is 3.59. The van der Waals surface area contributed by atoms with Crippen molar-refractivity contribution in [3.05, 3.63) is 0 Å². The maximum absolute atomic E-state index is 11.1. The minimum Gasteiger partial charge on any atom is -0.198 e. The highest BCUT2D eigenvalue weighted by molar-refractivity contribution is 7.86. The maximum atomic E-state index is 11.1. The molecule has 4 nitrogen and oxygen atoms in total. The number of nitrogens with zero attached hydrogens (tertiary/aromatic N) is 1. The van der Waals surface area contributed by atoms with Crippen LogP contribution in [0.25, 0.3) is 0 Å². The van der Waals surface area contributed by atoms with Gasteiger partial charge in [0.25, 0.3) is 10.1 Å². The van der Waals surface area contributed by atoms with Gasteiger partial charge in [-0.25, -0.2) is 0 Å². The van der Waals surface area contributed by atoms with Gasteiger partial charge in [0.15, 0.2) is 0 Å². The smallest absolute Gasteiger partial charge is 0.198 e. The minimum absolute atomic E-state index is 0.250. The Morgan fingerprint density at radius 2 is 2.09 bits per heavy atom. The van der Waals surface area contributed by atoms with Crippen molar-refractivity contribution < 1.29 is 17.3 Å². The zero-order valence-corrected chi connectivity index (χ0v) is 6.60. The maximum Gasteiger partial charge on any atom is 0.297 e. The predicted molar refractivity (Wildman–Crippen MR) is 35.4 cm³/mol. The third-order valence-electron chi connectivity index (χ3n) is 1.03. The Hall–Kier alpha value is -0.670. The van der Waals surface area contributed by atoms with E-state index in [4.69, 9.17) is 5.26 Å². The van der Waals surface area contributed by atoms with E-state index in [0.717, 1.165) is 0 Å². The van der Waals surface area contributed by atoms with Gasteiger partial charge in [-0.2, -0.15) is 13.7 Å². The van der Waals surface area contributed by atoms with E-state index < -0.39 is 10.1 Å². The molecule has 0 radical (unpaired) electrons. The van der Waals surface area contributed by atoms with Gasteiger partial charge < -0.3 is 0 Å². The highest BCUT2D eigenvalue weighted by atomic mass is 32.2. The number of hydrogen-bond donors (Lipinski definition) is 0. The summed E-state index contributed by atoms with van der Waals surface area (Å²) in [5.41, 5.74) is 0. The Morgan fingerprint density at radius 1 is 1.45 bits per heavy atom. The first kappa shape index (κ1) is 10.3. The van der Waals surface area contributed by atoms with Crippen LogP contribution in [0.1, 0.15) is 19.3 Å². The molecule has 64 valence electrons. The van der Waals surface area contributed by atoms with Crippen molar-refractivity contribution in [1.82, 2.24) is 0 Å². The molecule has 0 heterocycles. The highest BCUT2D eigenvalue weighted by Crippen LogP contribution is 2.01. The first-order valence-electron chi connectivity index (χ1n) is 3.02. The Kier molecular flexibility index (Phi) is 4.74. The molecular weight excluding hydrogens is 173 g/mol. The van der Waals surface area contributed by atoms with E-state index in [1.807, 2.05) is 6.07 Å². The molecule has 0 saturated heterocycles. The molecule has 0 fully saturated rings. The molecule has 0 aliphatic carbocycles. The zero-order valence-electron chi connectivity index (χ0n) is 5.79. The normalized spacial score (nSPS) is 10.9. The summed E-state index contributed by atoms with van der Waals surface area (Å²) >= 11 is 0. The molecule has 0 aliphatic rings. The molecule has 6 heteroatoms. The molecule has 0 amide bonds. The van der Waals surface area contributed by atoms with Crippen LogP contribution in [-0.2, 0) is 14.5 Å². The van der Waals surface area contributed by atoms with E-state index in [9.17, 15) is 12.9 Å². The molecule has 0 rings (SSSR count). The lowest BCUT2D eigenvalue weighted by molar-refractivity contribution is 0.00289. The summed E-state index contributed by atoms with van der Waals surface area (Å²) in [6.07, 6.45) is 0.973. The van der Waals surface area contributed by atoms with Crippen LogP contribution in [0.2, 0.25) is 0 Å². The Balaban J connectivity index is 3.49. The van der Waals surface area contributed by atoms with E-state index in [1.165, 1.54) is 0 Å². The fraction of sp³-hybridized carbons (Fsp3) is 0.800. The summed E-state index contributed by atoms with van der Waals surface area (Å²) in [6, 6.07) is 1.84. The van der Waals surface area contributed by atoms with E-state index in [2.05, 4.69) is 4.39 Å². The summed E-state index contributed by atoms with van der Waals surface area (Å²) in [5, 5.41) is 8.05. The lowest BCUT2D eigenvalue weighted by Gasteiger charge is -1.94. The largest absolute Gasteiger partial charge is 0.297 e. The second kappa shape index (κ2) is 5.04. The third kappa shape index (κ3) is 5.76. The molecule has 0 aromatic rings. The average Bonchev–Trinajstić information content (AvgIpc) is 1.99. The summed E-state index contributed by atoms with van der Waals surface area (Å²) in [7, 11) is -3.98. The van der Waals surface area contributed by atoms with E-state index in [0.29, 0.717) is 6.42 Å². The fourth-order valence-electron chi connectivity index (χ4n) is 0.514. The van der Waals surface area contributed by atoms with Crippen molar-refractivity contribution in [3.8, 4) is 6.07 Å².